The van der Waals surface area contributed by atoms with Crippen molar-refractivity contribution in [1.82, 2.24) is 5.32 Å². The van der Waals surface area contributed by atoms with E-state index in [1.165, 1.54) is 5.56 Å². The predicted octanol–water partition coefficient (Wildman–Crippen LogP) is 1.75. The topological polar surface area (TPSA) is 72.2 Å². The van der Waals surface area contributed by atoms with Crippen LogP contribution in [-0.2, 0) is 10.0 Å². The number of benzene rings is 1. The van der Waals surface area contributed by atoms with Gasteiger partial charge in [0.1, 0.15) is 0 Å². The molecule has 0 amide bonds. The first kappa shape index (κ1) is 15.1. The lowest BCUT2D eigenvalue weighted by molar-refractivity contribution is 0.573. The van der Waals surface area contributed by atoms with Gasteiger partial charge in [0.25, 0.3) is 0 Å². The number of rotatable bonds is 6. The fourth-order valence-corrected chi connectivity index (χ4v) is 2.11. The molecular formula is C13H22N2O2S. The monoisotopic (exact) mass is 270 g/mol. The molecule has 5 heteroatoms. The van der Waals surface area contributed by atoms with Crippen molar-refractivity contribution >= 4 is 10.0 Å². The number of primary sulfonamides is 1. The molecule has 0 aliphatic heterocycles. The zero-order chi connectivity index (χ0) is 13.8. The first-order chi connectivity index (χ1) is 8.29. The van der Waals surface area contributed by atoms with Gasteiger partial charge in [-0.25, -0.2) is 13.6 Å². The molecule has 0 aliphatic rings. The summed E-state index contributed by atoms with van der Waals surface area (Å²) in [6.45, 7) is 6.69. The van der Waals surface area contributed by atoms with E-state index < -0.39 is 10.0 Å². The highest BCUT2D eigenvalue weighted by Crippen LogP contribution is 2.18. The van der Waals surface area contributed by atoms with Gasteiger partial charge in [0.15, 0.2) is 0 Å². The Balaban J connectivity index is 2.54. The summed E-state index contributed by atoms with van der Waals surface area (Å²) in [5.74, 6) is 0.478. The van der Waals surface area contributed by atoms with Crippen LogP contribution in [0.25, 0.3) is 0 Å². The molecule has 0 fully saturated rings. The Morgan fingerprint density at radius 2 is 1.61 bits per heavy atom. The third-order valence-electron chi connectivity index (χ3n) is 2.94. The minimum absolute atomic E-state index is 0.0403. The van der Waals surface area contributed by atoms with Gasteiger partial charge in [-0.3, -0.25) is 0 Å². The molecule has 3 N–H and O–H groups in total. The number of nitrogens with two attached hydrogens (primary N) is 1. The van der Waals surface area contributed by atoms with E-state index in [-0.39, 0.29) is 11.8 Å². The largest absolute Gasteiger partial charge is 0.309 e. The van der Waals surface area contributed by atoms with Crippen molar-refractivity contribution in [3.05, 3.63) is 35.4 Å². The molecule has 1 aromatic rings. The van der Waals surface area contributed by atoms with Crippen LogP contribution < -0.4 is 10.5 Å². The van der Waals surface area contributed by atoms with Crippen molar-refractivity contribution < 1.29 is 8.42 Å². The molecule has 0 aromatic heterocycles. The van der Waals surface area contributed by atoms with E-state index in [0.29, 0.717) is 12.5 Å². The number of sulfonamides is 1. The Labute approximate surface area is 110 Å². The van der Waals surface area contributed by atoms with E-state index in [9.17, 15) is 8.42 Å². The average molecular weight is 270 g/mol. The maximum Gasteiger partial charge on any atom is 0.210 e. The van der Waals surface area contributed by atoms with Crippen molar-refractivity contribution in [2.75, 3.05) is 12.3 Å². The van der Waals surface area contributed by atoms with Crippen molar-refractivity contribution in [3.8, 4) is 0 Å². The lowest BCUT2D eigenvalue weighted by Gasteiger charge is -2.15. The quantitative estimate of drug-likeness (QED) is 0.827. The fraction of sp³-hybridized carbons (Fsp3) is 0.538. The maximum atomic E-state index is 10.8. The molecule has 102 valence electrons. The minimum atomic E-state index is -3.38. The number of nitrogens with one attached hydrogen (secondary N) is 1. The van der Waals surface area contributed by atoms with Gasteiger partial charge in [-0.05, 0) is 24.0 Å². The highest BCUT2D eigenvalue weighted by molar-refractivity contribution is 7.89. The van der Waals surface area contributed by atoms with Crippen molar-refractivity contribution in [1.29, 1.82) is 0 Å². The van der Waals surface area contributed by atoms with Gasteiger partial charge < -0.3 is 5.32 Å². The van der Waals surface area contributed by atoms with Gasteiger partial charge in [-0.15, -0.1) is 0 Å². The van der Waals surface area contributed by atoms with Crippen LogP contribution in [0.4, 0.5) is 0 Å². The highest BCUT2D eigenvalue weighted by Gasteiger charge is 2.07. The molecule has 4 nitrogen and oxygen atoms in total. The maximum absolute atomic E-state index is 10.8. The summed E-state index contributed by atoms with van der Waals surface area (Å²) in [6.07, 6.45) is 0. The molecule has 1 aromatic carbocycles. The molecule has 0 saturated heterocycles. The van der Waals surface area contributed by atoms with Gasteiger partial charge in [0, 0.05) is 12.6 Å². The fourth-order valence-electron chi connectivity index (χ4n) is 1.71. The summed E-state index contributed by atoms with van der Waals surface area (Å²) in [7, 11) is -3.38. The first-order valence-corrected chi connectivity index (χ1v) is 7.85. The summed E-state index contributed by atoms with van der Waals surface area (Å²) in [5, 5.41) is 8.09. The van der Waals surface area contributed by atoms with Crippen LogP contribution in [0.1, 0.15) is 43.9 Å². The minimum Gasteiger partial charge on any atom is -0.309 e. The summed E-state index contributed by atoms with van der Waals surface area (Å²) in [5.41, 5.74) is 2.45. The third-order valence-corrected chi connectivity index (χ3v) is 3.71. The lowest BCUT2D eigenvalue weighted by atomic mass is 10.00. The van der Waals surface area contributed by atoms with E-state index in [1.807, 2.05) is 6.92 Å². The Morgan fingerprint density at radius 3 is 2.06 bits per heavy atom. The molecule has 0 radical (unpaired) electrons. The second kappa shape index (κ2) is 6.31. The van der Waals surface area contributed by atoms with Crippen LogP contribution in [0, 0.1) is 0 Å². The molecule has 1 unspecified atom stereocenters. The van der Waals surface area contributed by atoms with E-state index in [2.05, 4.69) is 43.4 Å². The Hall–Kier alpha value is -0.910. The van der Waals surface area contributed by atoms with Gasteiger partial charge in [0.2, 0.25) is 10.0 Å². The van der Waals surface area contributed by atoms with Crippen molar-refractivity contribution in [2.45, 2.75) is 32.7 Å². The Morgan fingerprint density at radius 1 is 1.11 bits per heavy atom. The number of hydrogen-bond donors (Lipinski definition) is 2. The smallest absolute Gasteiger partial charge is 0.210 e. The molecule has 0 heterocycles. The first-order valence-electron chi connectivity index (χ1n) is 6.13. The average Bonchev–Trinajstić information content (AvgIpc) is 2.27. The highest BCUT2D eigenvalue weighted by atomic mass is 32.2. The van der Waals surface area contributed by atoms with Crippen LogP contribution in [0.5, 0.6) is 0 Å². The summed E-state index contributed by atoms with van der Waals surface area (Å²) in [4.78, 5) is 0. The molecule has 1 rings (SSSR count). The zero-order valence-electron chi connectivity index (χ0n) is 11.2. The van der Waals surface area contributed by atoms with Gasteiger partial charge >= 0.3 is 0 Å². The van der Waals surface area contributed by atoms with Crippen LogP contribution in [0.3, 0.4) is 0 Å². The molecule has 0 spiro atoms. The van der Waals surface area contributed by atoms with Gasteiger partial charge in [-0.1, -0.05) is 38.1 Å². The lowest BCUT2D eigenvalue weighted by Crippen LogP contribution is -2.28. The molecule has 0 saturated carbocycles. The number of hydrogen-bond acceptors (Lipinski definition) is 3. The van der Waals surface area contributed by atoms with Gasteiger partial charge in [0.05, 0.1) is 5.75 Å². The van der Waals surface area contributed by atoms with E-state index >= 15 is 0 Å². The van der Waals surface area contributed by atoms with E-state index in [0.717, 1.165) is 5.56 Å². The van der Waals surface area contributed by atoms with Crippen molar-refractivity contribution in [2.24, 2.45) is 5.14 Å². The van der Waals surface area contributed by atoms with E-state index in [4.69, 9.17) is 5.14 Å². The summed E-state index contributed by atoms with van der Waals surface area (Å²) < 4.78 is 21.6. The molecule has 18 heavy (non-hydrogen) atoms. The molecule has 0 aliphatic carbocycles. The molecular weight excluding hydrogens is 248 g/mol. The second-order valence-corrected chi connectivity index (χ2v) is 6.60. The van der Waals surface area contributed by atoms with Gasteiger partial charge in [-0.2, -0.15) is 0 Å². The second-order valence-electron chi connectivity index (χ2n) is 4.86. The van der Waals surface area contributed by atoms with Crippen LogP contribution in [0.2, 0.25) is 0 Å². The van der Waals surface area contributed by atoms with Crippen LogP contribution >= 0.6 is 0 Å². The summed E-state index contributed by atoms with van der Waals surface area (Å²) >= 11 is 0. The summed E-state index contributed by atoms with van der Waals surface area (Å²) in [6, 6.07) is 8.48. The zero-order valence-corrected chi connectivity index (χ0v) is 12.0. The van der Waals surface area contributed by atoms with Crippen molar-refractivity contribution in [3.63, 3.8) is 0 Å². The standard InChI is InChI=1S/C13H22N2O2S/c1-10(2)12-4-6-13(7-5-12)11(3)15-8-9-18(14,16)17/h4-7,10-11,15H,8-9H2,1-3H3,(H2,14,16,17). The van der Waals surface area contributed by atoms with Crippen LogP contribution in [-0.4, -0.2) is 20.7 Å². The third kappa shape index (κ3) is 5.16. The Bertz CT molecular complexity index is 466. The molecule has 1 atom stereocenters. The normalized spacial score (nSPS) is 13.8. The Kier molecular flexibility index (Phi) is 5.31. The molecule has 0 bridgehead atoms. The SMILES string of the molecule is CC(C)c1ccc(C(C)NCCS(N)(=O)=O)cc1. The van der Waals surface area contributed by atoms with Crippen LogP contribution in [0.15, 0.2) is 24.3 Å². The van der Waals surface area contributed by atoms with E-state index in [1.54, 1.807) is 0 Å². The predicted molar refractivity (Wildman–Crippen MR) is 74.9 cm³/mol.